The second-order valence-corrected chi connectivity index (χ2v) is 3.71. The number of rotatable bonds is 2. The number of nitrogens with one attached hydrogen (secondary N) is 2. The van der Waals surface area contributed by atoms with Gasteiger partial charge in [0, 0.05) is 18.0 Å². The summed E-state index contributed by atoms with van der Waals surface area (Å²) in [5.41, 5.74) is 2.78. The van der Waals surface area contributed by atoms with E-state index in [1.807, 2.05) is 32.0 Å². The Bertz CT molecular complexity index is 503. The number of nitrogens with zero attached hydrogens (tertiary/aromatic N) is 1. The average Bonchev–Trinajstić information content (AvgIpc) is 2.70. The van der Waals surface area contributed by atoms with E-state index in [0.29, 0.717) is 11.5 Å². The number of carbonyl (C=O) groups is 1. The fraction of sp³-hybridized carbons (Fsp3) is 0.167. The standard InChI is InChI=1S/C12H13N3O/c1-8-3-4-10(9(2)7-8)11(16)15-12-13-5-6-14-12/h3-7H,1-2H3,(H2,13,14,15,16). The number of aromatic nitrogens is 2. The van der Waals surface area contributed by atoms with Crippen molar-refractivity contribution in [1.82, 2.24) is 9.97 Å². The van der Waals surface area contributed by atoms with Crippen molar-refractivity contribution in [3.8, 4) is 0 Å². The summed E-state index contributed by atoms with van der Waals surface area (Å²) in [7, 11) is 0. The van der Waals surface area contributed by atoms with Crippen molar-refractivity contribution in [2.75, 3.05) is 5.32 Å². The van der Waals surface area contributed by atoms with Gasteiger partial charge in [0.25, 0.3) is 5.91 Å². The van der Waals surface area contributed by atoms with Crippen LogP contribution in [0.15, 0.2) is 30.6 Å². The first-order chi connectivity index (χ1) is 7.66. The van der Waals surface area contributed by atoms with Crippen LogP contribution in [0.4, 0.5) is 5.95 Å². The second kappa shape index (κ2) is 4.18. The summed E-state index contributed by atoms with van der Waals surface area (Å²) >= 11 is 0. The highest BCUT2D eigenvalue weighted by Crippen LogP contribution is 2.11. The van der Waals surface area contributed by atoms with Gasteiger partial charge in [-0.1, -0.05) is 17.7 Å². The number of anilines is 1. The van der Waals surface area contributed by atoms with Crippen LogP contribution in [0.25, 0.3) is 0 Å². The van der Waals surface area contributed by atoms with Gasteiger partial charge in [0.2, 0.25) is 5.95 Å². The molecule has 0 atom stereocenters. The summed E-state index contributed by atoms with van der Waals surface area (Å²) in [6.07, 6.45) is 3.26. The number of aromatic amines is 1. The third-order valence-electron chi connectivity index (χ3n) is 2.36. The zero-order valence-corrected chi connectivity index (χ0v) is 9.24. The maximum Gasteiger partial charge on any atom is 0.258 e. The zero-order chi connectivity index (χ0) is 11.5. The highest BCUT2D eigenvalue weighted by Gasteiger charge is 2.09. The average molecular weight is 215 g/mol. The summed E-state index contributed by atoms with van der Waals surface area (Å²) < 4.78 is 0. The van der Waals surface area contributed by atoms with Crippen LogP contribution in [-0.2, 0) is 0 Å². The molecule has 0 unspecified atom stereocenters. The molecule has 2 rings (SSSR count). The largest absolute Gasteiger partial charge is 0.331 e. The number of imidazole rings is 1. The molecule has 1 heterocycles. The van der Waals surface area contributed by atoms with Gasteiger partial charge in [0.15, 0.2) is 0 Å². The first-order valence-corrected chi connectivity index (χ1v) is 5.05. The minimum atomic E-state index is -0.146. The van der Waals surface area contributed by atoms with Crippen LogP contribution in [0, 0.1) is 13.8 Å². The van der Waals surface area contributed by atoms with Crippen molar-refractivity contribution < 1.29 is 4.79 Å². The minimum Gasteiger partial charge on any atom is -0.331 e. The minimum absolute atomic E-state index is 0.146. The molecule has 0 aliphatic carbocycles. The van der Waals surface area contributed by atoms with Gasteiger partial charge in [-0.2, -0.15) is 0 Å². The number of carbonyl (C=O) groups excluding carboxylic acids is 1. The molecule has 4 heteroatoms. The molecule has 2 aromatic rings. The second-order valence-electron chi connectivity index (χ2n) is 3.71. The Morgan fingerprint density at radius 3 is 2.81 bits per heavy atom. The van der Waals surface area contributed by atoms with E-state index in [1.165, 1.54) is 0 Å². The number of aryl methyl sites for hydroxylation is 2. The van der Waals surface area contributed by atoms with Crippen LogP contribution < -0.4 is 5.32 Å². The normalized spacial score (nSPS) is 10.1. The topological polar surface area (TPSA) is 57.8 Å². The molecule has 0 aliphatic rings. The van der Waals surface area contributed by atoms with Crippen LogP contribution in [0.2, 0.25) is 0 Å². The molecular formula is C12H13N3O. The van der Waals surface area contributed by atoms with Gasteiger partial charge in [-0.15, -0.1) is 0 Å². The molecule has 82 valence electrons. The van der Waals surface area contributed by atoms with Gasteiger partial charge in [-0.3, -0.25) is 10.1 Å². The van der Waals surface area contributed by atoms with Crippen molar-refractivity contribution in [2.24, 2.45) is 0 Å². The van der Waals surface area contributed by atoms with E-state index < -0.39 is 0 Å². The van der Waals surface area contributed by atoms with Gasteiger partial charge in [-0.05, 0) is 25.5 Å². The molecule has 0 aliphatic heterocycles. The Kier molecular flexibility index (Phi) is 2.72. The molecule has 2 N–H and O–H groups in total. The third-order valence-corrected chi connectivity index (χ3v) is 2.36. The van der Waals surface area contributed by atoms with Gasteiger partial charge >= 0.3 is 0 Å². The number of H-pyrrole nitrogens is 1. The van der Waals surface area contributed by atoms with Crippen LogP contribution in [-0.4, -0.2) is 15.9 Å². The van der Waals surface area contributed by atoms with E-state index in [2.05, 4.69) is 15.3 Å². The summed E-state index contributed by atoms with van der Waals surface area (Å²) in [6.45, 7) is 3.92. The number of hydrogen-bond donors (Lipinski definition) is 2. The lowest BCUT2D eigenvalue weighted by molar-refractivity contribution is 0.102. The lowest BCUT2D eigenvalue weighted by atomic mass is 10.1. The van der Waals surface area contributed by atoms with Gasteiger partial charge in [0.1, 0.15) is 0 Å². The fourth-order valence-electron chi connectivity index (χ4n) is 1.58. The van der Waals surface area contributed by atoms with Gasteiger partial charge in [0.05, 0.1) is 0 Å². The Morgan fingerprint density at radius 1 is 1.38 bits per heavy atom. The summed E-state index contributed by atoms with van der Waals surface area (Å²) in [5.74, 6) is 0.317. The van der Waals surface area contributed by atoms with Crippen molar-refractivity contribution >= 4 is 11.9 Å². The highest BCUT2D eigenvalue weighted by molar-refractivity contribution is 6.04. The van der Waals surface area contributed by atoms with Gasteiger partial charge in [-0.25, -0.2) is 4.98 Å². The molecule has 0 saturated heterocycles. The smallest absolute Gasteiger partial charge is 0.258 e. The quantitative estimate of drug-likeness (QED) is 0.807. The molecule has 4 nitrogen and oxygen atoms in total. The Hall–Kier alpha value is -2.10. The molecule has 0 saturated carbocycles. The van der Waals surface area contributed by atoms with Crippen LogP contribution in [0.1, 0.15) is 21.5 Å². The fourth-order valence-corrected chi connectivity index (χ4v) is 1.58. The maximum absolute atomic E-state index is 11.9. The maximum atomic E-state index is 11.9. The molecule has 1 amide bonds. The van der Waals surface area contributed by atoms with Crippen molar-refractivity contribution in [3.05, 3.63) is 47.3 Å². The van der Waals surface area contributed by atoms with Crippen molar-refractivity contribution in [1.29, 1.82) is 0 Å². The monoisotopic (exact) mass is 215 g/mol. The highest BCUT2D eigenvalue weighted by atomic mass is 16.1. The predicted molar refractivity (Wildman–Crippen MR) is 62.5 cm³/mol. The van der Waals surface area contributed by atoms with Crippen molar-refractivity contribution in [2.45, 2.75) is 13.8 Å². The summed E-state index contributed by atoms with van der Waals surface area (Å²) in [4.78, 5) is 18.6. The SMILES string of the molecule is Cc1ccc(C(=O)Nc2ncc[nH]2)c(C)c1. The third kappa shape index (κ3) is 2.11. The first-order valence-electron chi connectivity index (χ1n) is 5.05. The van der Waals surface area contributed by atoms with E-state index >= 15 is 0 Å². The predicted octanol–water partition coefficient (Wildman–Crippen LogP) is 2.28. The van der Waals surface area contributed by atoms with E-state index in [-0.39, 0.29) is 5.91 Å². The molecule has 16 heavy (non-hydrogen) atoms. The van der Waals surface area contributed by atoms with Crippen LogP contribution in [0.3, 0.4) is 0 Å². The lowest BCUT2D eigenvalue weighted by Crippen LogP contribution is -2.14. The van der Waals surface area contributed by atoms with E-state index in [4.69, 9.17) is 0 Å². The van der Waals surface area contributed by atoms with E-state index in [9.17, 15) is 4.79 Å². The number of benzene rings is 1. The van der Waals surface area contributed by atoms with E-state index in [0.717, 1.165) is 11.1 Å². The first kappa shape index (κ1) is 10.4. The number of hydrogen-bond acceptors (Lipinski definition) is 2. The Labute approximate surface area is 93.7 Å². The summed E-state index contributed by atoms with van der Waals surface area (Å²) in [5, 5.41) is 2.69. The molecule has 0 fully saturated rings. The van der Waals surface area contributed by atoms with Crippen molar-refractivity contribution in [3.63, 3.8) is 0 Å². The molecule has 0 radical (unpaired) electrons. The van der Waals surface area contributed by atoms with Gasteiger partial charge < -0.3 is 4.98 Å². The Morgan fingerprint density at radius 2 is 2.19 bits per heavy atom. The molecule has 1 aromatic carbocycles. The molecule has 1 aromatic heterocycles. The summed E-state index contributed by atoms with van der Waals surface area (Å²) in [6, 6.07) is 5.73. The van der Waals surface area contributed by atoms with E-state index in [1.54, 1.807) is 12.4 Å². The molecule has 0 spiro atoms. The molecular weight excluding hydrogens is 202 g/mol. The van der Waals surface area contributed by atoms with Crippen LogP contribution in [0.5, 0.6) is 0 Å². The Balaban J connectivity index is 2.21. The zero-order valence-electron chi connectivity index (χ0n) is 9.24. The van der Waals surface area contributed by atoms with Crippen LogP contribution >= 0.6 is 0 Å². The lowest BCUT2D eigenvalue weighted by Gasteiger charge is -2.06. The molecule has 0 bridgehead atoms. The number of amides is 1.